The predicted molar refractivity (Wildman–Crippen MR) is 82.3 cm³/mol. The van der Waals surface area contributed by atoms with Gasteiger partial charge in [-0.25, -0.2) is 0 Å². The molecule has 0 aliphatic heterocycles. The van der Waals surface area contributed by atoms with Gasteiger partial charge >= 0.3 is 0 Å². The van der Waals surface area contributed by atoms with Crippen LogP contribution in [0.4, 0.5) is 0 Å². The molecule has 3 N–H and O–H groups in total. The third-order valence-electron chi connectivity index (χ3n) is 1.92. The van der Waals surface area contributed by atoms with E-state index in [0.29, 0.717) is 12.7 Å². The highest BCUT2D eigenvalue weighted by atomic mass is 127. The summed E-state index contributed by atoms with van der Waals surface area (Å²) in [5, 5.41) is 11.9. The van der Waals surface area contributed by atoms with E-state index < -0.39 is 21.8 Å². The fourth-order valence-electron chi connectivity index (χ4n) is 1.09. The number of nitrogens with one attached hydrogen (secondary N) is 1. The van der Waals surface area contributed by atoms with Gasteiger partial charge in [-0.3, -0.25) is 9.35 Å². The van der Waals surface area contributed by atoms with E-state index in [-0.39, 0.29) is 12.3 Å². The van der Waals surface area contributed by atoms with E-state index in [1.165, 1.54) is 12.1 Å². The molecule has 1 amide bonds. The molecule has 0 atom stereocenters. The first-order valence-corrected chi connectivity index (χ1v) is 8.39. The summed E-state index contributed by atoms with van der Waals surface area (Å²) in [6, 6.07) is 2.97. The number of phenolic OH excluding ortho intramolecular Hbond substituents is 1. The van der Waals surface area contributed by atoms with E-state index in [4.69, 9.17) is 4.55 Å². The van der Waals surface area contributed by atoms with Crippen molar-refractivity contribution in [1.29, 1.82) is 0 Å². The summed E-state index contributed by atoms with van der Waals surface area (Å²) in [6.07, 6.45) is 0. The smallest absolute Gasteiger partial charge is 0.266 e. The van der Waals surface area contributed by atoms with Crippen LogP contribution in [-0.4, -0.2) is 36.3 Å². The Labute approximate surface area is 131 Å². The average molecular weight is 497 g/mol. The number of amides is 1. The number of hydrogen-bond donors (Lipinski definition) is 3. The first kappa shape index (κ1) is 15.9. The van der Waals surface area contributed by atoms with Crippen LogP contribution in [0, 0.1) is 7.14 Å². The number of benzene rings is 1. The van der Waals surface area contributed by atoms with Crippen LogP contribution in [0.3, 0.4) is 0 Å². The topological polar surface area (TPSA) is 104 Å². The monoisotopic (exact) mass is 497 g/mol. The number of carbonyl (C=O) groups excluding carboxylic acids is 1. The van der Waals surface area contributed by atoms with E-state index >= 15 is 0 Å². The quantitative estimate of drug-likeness (QED) is 0.429. The Hall–Kier alpha value is -0.140. The van der Waals surface area contributed by atoms with Gasteiger partial charge in [-0.05, 0) is 57.3 Å². The summed E-state index contributed by atoms with van der Waals surface area (Å²) in [4.78, 5) is 11.7. The van der Waals surface area contributed by atoms with Crippen LogP contribution in [0.25, 0.3) is 0 Å². The van der Waals surface area contributed by atoms with Crippen LogP contribution in [-0.2, 0) is 10.1 Å². The number of aromatic hydroxyl groups is 1. The largest absolute Gasteiger partial charge is 0.506 e. The lowest BCUT2D eigenvalue weighted by Crippen LogP contribution is -2.29. The molecule has 18 heavy (non-hydrogen) atoms. The number of halogens is 2. The van der Waals surface area contributed by atoms with Crippen molar-refractivity contribution >= 4 is 61.2 Å². The molecule has 0 bridgehead atoms. The lowest BCUT2D eigenvalue weighted by atomic mass is 10.2. The van der Waals surface area contributed by atoms with E-state index in [1.807, 2.05) is 45.2 Å². The van der Waals surface area contributed by atoms with Crippen LogP contribution < -0.4 is 5.32 Å². The van der Waals surface area contributed by atoms with Gasteiger partial charge in [-0.1, -0.05) is 0 Å². The molecule has 0 unspecified atom stereocenters. The third-order valence-corrected chi connectivity index (χ3v) is 4.29. The van der Waals surface area contributed by atoms with Gasteiger partial charge in [0.15, 0.2) is 0 Å². The Balaban J connectivity index is 2.74. The molecular weight excluding hydrogens is 488 g/mol. The molecule has 0 aliphatic carbocycles. The normalized spacial score (nSPS) is 11.3. The molecule has 0 spiro atoms. The Kier molecular flexibility index (Phi) is 5.61. The molecule has 0 heterocycles. The molecule has 0 saturated heterocycles. The fraction of sp³-hybridized carbons (Fsp3) is 0.222. The zero-order valence-corrected chi connectivity index (χ0v) is 14.0. The summed E-state index contributed by atoms with van der Waals surface area (Å²) in [7, 11) is -4.08. The first-order valence-electron chi connectivity index (χ1n) is 4.62. The molecule has 0 saturated carbocycles. The Morgan fingerprint density at radius 3 is 2.22 bits per heavy atom. The highest BCUT2D eigenvalue weighted by Gasteiger charge is 2.12. The second-order valence-electron chi connectivity index (χ2n) is 3.33. The van der Waals surface area contributed by atoms with Gasteiger partial charge in [0.05, 0.1) is 12.9 Å². The van der Waals surface area contributed by atoms with Gasteiger partial charge in [0.1, 0.15) is 5.75 Å². The van der Waals surface area contributed by atoms with Gasteiger partial charge < -0.3 is 10.4 Å². The zero-order valence-electron chi connectivity index (χ0n) is 8.85. The van der Waals surface area contributed by atoms with Crippen molar-refractivity contribution in [2.75, 3.05) is 12.3 Å². The third kappa shape index (κ3) is 4.85. The van der Waals surface area contributed by atoms with Gasteiger partial charge in [0.2, 0.25) is 0 Å². The summed E-state index contributed by atoms with van der Waals surface area (Å²) in [6.45, 7) is -0.175. The lowest BCUT2D eigenvalue weighted by molar-refractivity contribution is 0.0956. The van der Waals surface area contributed by atoms with Crippen molar-refractivity contribution in [3.63, 3.8) is 0 Å². The van der Waals surface area contributed by atoms with Crippen molar-refractivity contribution in [2.45, 2.75) is 0 Å². The number of carbonyl (C=O) groups is 1. The molecule has 0 fully saturated rings. The van der Waals surface area contributed by atoms with Gasteiger partial charge in [0.25, 0.3) is 16.0 Å². The second-order valence-corrected chi connectivity index (χ2v) is 7.23. The van der Waals surface area contributed by atoms with Crippen LogP contribution in [0.5, 0.6) is 5.75 Å². The first-order chi connectivity index (χ1) is 8.20. The number of hydrogen-bond acceptors (Lipinski definition) is 4. The molecule has 100 valence electrons. The van der Waals surface area contributed by atoms with Crippen molar-refractivity contribution in [2.24, 2.45) is 0 Å². The molecule has 1 aromatic carbocycles. The number of rotatable bonds is 4. The van der Waals surface area contributed by atoms with Crippen molar-refractivity contribution in [1.82, 2.24) is 5.32 Å². The van der Waals surface area contributed by atoms with Gasteiger partial charge in [-0.15, -0.1) is 0 Å². The molecule has 9 heteroatoms. The maximum atomic E-state index is 11.7. The summed E-state index contributed by atoms with van der Waals surface area (Å²) in [5.74, 6) is -0.898. The van der Waals surface area contributed by atoms with Crippen LogP contribution >= 0.6 is 45.2 Å². The van der Waals surface area contributed by atoms with E-state index in [2.05, 4.69) is 5.32 Å². The molecular formula is C9H9I2NO5S. The van der Waals surface area contributed by atoms with E-state index in [1.54, 1.807) is 0 Å². The Morgan fingerprint density at radius 1 is 1.28 bits per heavy atom. The van der Waals surface area contributed by atoms with Crippen LogP contribution in [0.15, 0.2) is 12.1 Å². The highest BCUT2D eigenvalue weighted by molar-refractivity contribution is 14.1. The van der Waals surface area contributed by atoms with Gasteiger partial charge in [-0.2, -0.15) is 8.42 Å². The second kappa shape index (κ2) is 6.34. The molecule has 1 aromatic rings. The Morgan fingerprint density at radius 2 is 1.78 bits per heavy atom. The molecule has 6 nitrogen and oxygen atoms in total. The zero-order chi connectivity index (χ0) is 13.9. The SMILES string of the molecule is O=C(NCCS(=O)(=O)O)c1cc(I)c(O)c(I)c1. The van der Waals surface area contributed by atoms with E-state index in [0.717, 1.165) is 0 Å². The number of phenols is 1. The van der Waals surface area contributed by atoms with Crippen LogP contribution in [0.1, 0.15) is 10.4 Å². The van der Waals surface area contributed by atoms with Crippen LogP contribution in [0.2, 0.25) is 0 Å². The maximum absolute atomic E-state index is 11.7. The highest BCUT2D eigenvalue weighted by Crippen LogP contribution is 2.27. The molecule has 0 radical (unpaired) electrons. The minimum atomic E-state index is -4.08. The molecule has 0 aromatic heterocycles. The Bertz CT molecular complexity index is 549. The summed E-state index contributed by atoms with van der Waals surface area (Å²) >= 11 is 3.78. The standard InChI is InChI=1S/C9H9I2NO5S/c10-6-3-5(4-7(11)8(6)13)9(14)12-1-2-18(15,16)17/h3-4,13H,1-2H2,(H,12,14)(H,15,16,17). The maximum Gasteiger partial charge on any atom is 0.266 e. The van der Waals surface area contributed by atoms with Gasteiger partial charge in [0, 0.05) is 12.1 Å². The minimum Gasteiger partial charge on any atom is -0.506 e. The summed E-state index contributed by atoms with van der Waals surface area (Å²) in [5.41, 5.74) is 0.317. The molecule has 0 aliphatic rings. The molecule has 1 rings (SSSR count). The average Bonchev–Trinajstić information content (AvgIpc) is 2.23. The van der Waals surface area contributed by atoms with E-state index in [9.17, 15) is 18.3 Å². The predicted octanol–water partition coefficient (Wildman–Crippen LogP) is 1.22. The minimum absolute atomic E-state index is 0.102. The lowest BCUT2D eigenvalue weighted by Gasteiger charge is -2.07. The summed E-state index contributed by atoms with van der Waals surface area (Å²) < 4.78 is 30.5. The van der Waals surface area contributed by atoms with Crippen molar-refractivity contribution in [3.8, 4) is 5.75 Å². The van der Waals surface area contributed by atoms with Crippen molar-refractivity contribution < 1.29 is 22.9 Å². The fourth-order valence-corrected chi connectivity index (χ4v) is 3.22. The van der Waals surface area contributed by atoms with Crippen molar-refractivity contribution in [3.05, 3.63) is 24.8 Å².